The van der Waals surface area contributed by atoms with Gasteiger partial charge in [-0.25, -0.2) is 4.98 Å². The van der Waals surface area contributed by atoms with Crippen molar-refractivity contribution in [3.8, 4) is 22.5 Å². The Hall–Kier alpha value is -3.91. The normalized spacial score (nSPS) is 15.3. The number of piperazine rings is 1. The van der Waals surface area contributed by atoms with Gasteiger partial charge in [-0.15, -0.1) is 0 Å². The number of hydrogen-bond donors (Lipinski definition) is 3. The number of fused-ring (bicyclic) bond motifs is 1. The largest absolute Gasteiger partial charge is 0.397 e. The fourth-order valence-corrected chi connectivity index (χ4v) is 4.36. The Balaban J connectivity index is 1.54. The molecule has 0 unspecified atom stereocenters. The predicted octanol–water partition coefficient (Wildman–Crippen LogP) is 3.68. The highest BCUT2D eigenvalue weighted by Gasteiger charge is 2.21. The molecule has 0 atom stereocenters. The van der Waals surface area contributed by atoms with Crippen LogP contribution in [0.1, 0.15) is 11.3 Å². The van der Waals surface area contributed by atoms with E-state index in [2.05, 4.69) is 73.7 Å². The summed E-state index contributed by atoms with van der Waals surface area (Å²) >= 11 is 0. The fourth-order valence-electron chi connectivity index (χ4n) is 4.36. The second-order valence-corrected chi connectivity index (χ2v) is 8.50. The van der Waals surface area contributed by atoms with Crippen LogP contribution >= 0.6 is 0 Å². The van der Waals surface area contributed by atoms with Crippen LogP contribution in [0.2, 0.25) is 0 Å². The van der Waals surface area contributed by atoms with Crippen LogP contribution in [0.4, 0.5) is 5.69 Å². The van der Waals surface area contributed by atoms with Crippen molar-refractivity contribution in [1.29, 1.82) is 0 Å². The first-order chi connectivity index (χ1) is 16.0. The lowest BCUT2D eigenvalue weighted by Gasteiger charge is -2.35. The third kappa shape index (κ3) is 4.01. The Bertz CT molecular complexity index is 1340. The minimum Gasteiger partial charge on any atom is -0.397 e. The molecule has 4 aromatic rings. The minimum absolute atomic E-state index is 0.620. The number of nitrogens with two attached hydrogens (primary N) is 1. The molecule has 5 rings (SSSR count). The molecule has 1 aliphatic rings. The van der Waals surface area contributed by atoms with Gasteiger partial charge in [0.25, 0.3) is 0 Å². The van der Waals surface area contributed by atoms with E-state index in [0.29, 0.717) is 11.3 Å². The zero-order valence-corrected chi connectivity index (χ0v) is 19.0. The summed E-state index contributed by atoms with van der Waals surface area (Å²) in [5, 5.41) is 8.54. The van der Waals surface area contributed by atoms with Gasteiger partial charge in [0.15, 0.2) is 5.65 Å². The van der Waals surface area contributed by atoms with Gasteiger partial charge in [0.1, 0.15) is 0 Å². The van der Waals surface area contributed by atoms with Crippen LogP contribution in [0, 0.1) is 6.92 Å². The molecule has 0 spiro atoms. The molecule has 0 aliphatic carbocycles. The van der Waals surface area contributed by atoms with Gasteiger partial charge in [-0.2, -0.15) is 5.10 Å². The molecule has 168 valence electrons. The molecule has 4 aromatic heterocycles. The van der Waals surface area contributed by atoms with Crippen LogP contribution in [-0.2, 0) is 0 Å². The summed E-state index contributed by atoms with van der Waals surface area (Å²) in [4.78, 5) is 17.1. The van der Waals surface area contributed by atoms with Crippen molar-refractivity contribution >= 4 is 22.4 Å². The molecule has 0 aromatic carbocycles. The average Bonchev–Trinajstić information content (AvgIpc) is 3.41. The van der Waals surface area contributed by atoms with Crippen LogP contribution < -0.4 is 5.73 Å². The van der Waals surface area contributed by atoms with Crippen molar-refractivity contribution in [1.82, 2.24) is 34.9 Å². The van der Waals surface area contributed by atoms with Crippen molar-refractivity contribution in [2.24, 2.45) is 0 Å². The summed E-state index contributed by atoms with van der Waals surface area (Å²) in [5.74, 6) is 0. The molecular formula is C25H28N8. The highest BCUT2D eigenvalue weighted by molar-refractivity contribution is 5.93. The Morgan fingerprint density at radius 2 is 1.88 bits per heavy atom. The van der Waals surface area contributed by atoms with Gasteiger partial charge in [-0.05, 0) is 38.2 Å². The Labute approximate surface area is 192 Å². The maximum Gasteiger partial charge on any atom is 0.181 e. The summed E-state index contributed by atoms with van der Waals surface area (Å²) in [5.41, 5.74) is 14.4. The van der Waals surface area contributed by atoms with E-state index >= 15 is 0 Å². The standard InChI is InChI=1S/C25H28N8/c1-4-5-23(33-8-6-32(3)7-9-33)20-12-22(29-16(20)2)24-21-11-18(14-28-25(21)31-30-24)17-10-19(26)15-27-13-17/h4-5,10-15,29H,1,6-9,26H2,2-3H3,(H,28,30,31)/b23-5+. The molecule has 0 saturated carbocycles. The number of pyridine rings is 2. The lowest BCUT2D eigenvalue weighted by Crippen LogP contribution is -2.43. The summed E-state index contributed by atoms with van der Waals surface area (Å²) < 4.78 is 0. The topological polar surface area (TPSA) is 103 Å². The van der Waals surface area contributed by atoms with Gasteiger partial charge < -0.3 is 20.5 Å². The monoisotopic (exact) mass is 440 g/mol. The third-order valence-electron chi connectivity index (χ3n) is 6.18. The smallest absolute Gasteiger partial charge is 0.181 e. The van der Waals surface area contributed by atoms with E-state index in [0.717, 1.165) is 59.8 Å². The van der Waals surface area contributed by atoms with Crippen molar-refractivity contribution in [3.63, 3.8) is 0 Å². The van der Waals surface area contributed by atoms with Crippen LogP contribution in [-0.4, -0.2) is 68.2 Å². The highest BCUT2D eigenvalue weighted by Crippen LogP contribution is 2.33. The number of rotatable bonds is 5. The lowest BCUT2D eigenvalue weighted by atomic mass is 10.1. The van der Waals surface area contributed by atoms with Crippen LogP contribution in [0.15, 0.2) is 55.5 Å². The van der Waals surface area contributed by atoms with E-state index in [1.165, 1.54) is 11.3 Å². The highest BCUT2D eigenvalue weighted by atomic mass is 15.3. The molecule has 1 fully saturated rings. The third-order valence-corrected chi connectivity index (χ3v) is 6.18. The molecule has 1 saturated heterocycles. The number of aromatic amines is 2. The van der Waals surface area contributed by atoms with Gasteiger partial charge in [-0.3, -0.25) is 10.1 Å². The number of aromatic nitrogens is 5. The van der Waals surface area contributed by atoms with Gasteiger partial charge in [0.05, 0.1) is 17.1 Å². The summed E-state index contributed by atoms with van der Waals surface area (Å²) in [6.07, 6.45) is 9.19. The molecule has 0 radical (unpaired) electrons. The number of nitrogens with zero attached hydrogens (tertiary/aromatic N) is 5. The zero-order valence-electron chi connectivity index (χ0n) is 19.0. The first-order valence-electron chi connectivity index (χ1n) is 11.0. The molecule has 8 nitrogen and oxygen atoms in total. The minimum atomic E-state index is 0.620. The van der Waals surface area contributed by atoms with Crippen molar-refractivity contribution in [3.05, 3.63) is 66.8 Å². The Kier molecular flexibility index (Phi) is 5.43. The summed E-state index contributed by atoms with van der Waals surface area (Å²) in [6, 6.07) is 6.16. The van der Waals surface area contributed by atoms with Crippen molar-refractivity contribution < 1.29 is 0 Å². The average molecular weight is 441 g/mol. The van der Waals surface area contributed by atoms with Crippen LogP contribution in [0.25, 0.3) is 39.2 Å². The number of H-pyrrole nitrogens is 2. The van der Waals surface area contributed by atoms with Crippen molar-refractivity contribution in [2.75, 3.05) is 39.0 Å². The second-order valence-electron chi connectivity index (χ2n) is 8.50. The number of aryl methyl sites for hydroxylation is 1. The zero-order chi connectivity index (χ0) is 22.9. The number of nitrogens with one attached hydrogen (secondary N) is 2. The Morgan fingerprint density at radius 3 is 2.64 bits per heavy atom. The van der Waals surface area contributed by atoms with Gasteiger partial charge in [-0.1, -0.05) is 12.7 Å². The second kappa shape index (κ2) is 8.55. The first-order valence-corrected chi connectivity index (χ1v) is 11.0. The molecule has 0 amide bonds. The van der Waals surface area contributed by atoms with E-state index < -0.39 is 0 Å². The molecule has 33 heavy (non-hydrogen) atoms. The summed E-state index contributed by atoms with van der Waals surface area (Å²) in [6.45, 7) is 10.1. The van der Waals surface area contributed by atoms with E-state index in [1.54, 1.807) is 18.6 Å². The van der Waals surface area contributed by atoms with Gasteiger partial charge in [0.2, 0.25) is 0 Å². The van der Waals surface area contributed by atoms with Gasteiger partial charge in [0, 0.05) is 78.2 Å². The SMILES string of the molecule is C=C/C=C(\c1cc(-c2[nH]nc3ncc(-c4cncc(N)c4)cc23)[nH]c1C)N1CCN(C)CC1. The molecule has 0 bridgehead atoms. The maximum absolute atomic E-state index is 5.93. The molecule has 5 heterocycles. The van der Waals surface area contributed by atoms with Crippen LogP contribution in [0.5, 0.6) is 0 Å². The van der Waals surface area contributed by atoms with Crippen LogP contribution in [0.3, 0.4) is 0 Å². The predicted molar refractivity (Wildman–Crippen MR) is 133 cm³/mol. The maximum atomic E-state index is 5.93. The molecule has 1 aliphatic heterocycles. The number of anilines is 1. The van der Waals surface area contributed by atoms with Gasteiger partial charge >= 0.3 is 0 Å². The molecule has 4 N–H and O–H groups in total. The van der Waals surface area contributed by atoms with E-state index in [-0.39, 0.29) is 0 Å². The number of hydrogen-bond acceptors (Lipinski definition) is 6. The molecular weight excluding hydrogens is 412 g/mol. The summed E-state index contributed by atoms with van der Waals surface area (Å²) in [7, 11) is 2.17. The lowest BCUT2D eigenvalue weighted by molar-refractivity contribution is 0.207. The fraction of sp³-hybridized carbons (Fsp3) is 0.240. The Morgan fingerprint density at radius 1 is 1.09 bits per heavy atom. The first kappa shape index (κ1) is 21.0. The number of allylic oxidation sites excluding steroid dienone is 2. The van der Waals surface area contributed by atoms with E-state index in [9.17, 15) is 0 Å². The van der Waals surface area contributed by atoms with E-state index in [4.69, 9.17) is 5.73 Å². The number of nitrogen functional groups attached to an aromatic ring is 1. The van der Waals surface area contributed by atoms with Crippen molar-refractivity contribution in [2.45, 2.75) is 6.92 Å². The number of likely N-dealkylation sites (N-methyl/N-ethyl adjacent to an activating group) is 1. The quantitative estimate of drug-likeness (QED) is 0.409. The van der Waals surface area contributed by atoms with E-state index in [1.807, 2.05) is 12.1 Å². The molecule has 8 heteroatoms.